The van der Waals surface area contributed by atoms with Crippen LogP contribution in [0.4, 0.5) is 17.1 Å². The van der Waals surface area contributed by atoms with Crippen LogP contribution in [0, 0.1) is 23.7 Å². The summed E-state index contributed by atoms with van der Waals surface area (Å²) < 4.78 is 0. The Morgan fingerprint density at radius 1 is 0.358 bits per heavy atom. The molecule has 1 spiro atoms. The molecular weight excluding hydrogens is 639 g/mol. The molecule has 7 aromatic carbocycles. The highest BCUT2D eigenvalue weighted by atomic mass is 15.1. The Morgan fingerprint density at radius 3 is 1.47 bits per heavy atom. The van der Waals surface area contributed by atoms with Crippen molar-refractivity contribution in [3.63, 3.8) is 0 Å². The van der Waals surface area contributed by atoms with E-state index in [2.05, 4.69) is 181 Å². The van der Waals surface area contributed by atoms with Gasteiger partial charge in [0.05, 0.1) is 5.69 Å². The van der Waals surface area contributed by atoms with E-state index in [0.717, 1.165) is 29.4 Å². The van der Waals surface area contributed by atoms with Crippen molar-refractivity contribution in [1.82, 2.24) is 0 Å². The van der Waals surface area contributed by atoms with Gasteiger partial charge in [-0.1, -0.05) is 146 Å². The van der Waals surface area contributed by atoms with Gasteiger partial charge in [-0.3, -0.25) is 0 Å². The molecule has 0 atom stereocenters. The van der Waals surface area contributed by atoms with Gasteiger partial charge in [0.1, 0.15) is 0 Å². The molecule has 0 aliphatic heterocycles. The van der Waals surface area contributed by atoms with Gasteiger partial charge in [-0.25, -0.2) is 0 Å². The third-order valence-corrected chi connectivity index (χ3v) is 13.5. The Labute approximate surface area is 313 Å². The summed E-state index contributed by atoms with van der Waals surface area (Å²) in [5, 5.41) is 0. The van der Waals surface area contributed by atoms with Gasteiger partial charge in [0.2, 0.25) is 0 Å². The zero-order chi connectivity index (χ0) is 34.9. The van der Waals surface area contributed by atoms with Crippen LogP contribution in [-0.2, 0) is 5.41 Å². The average Bonchev–Trinajstić information content (AvgIpc) is 3.51. The monoisotopic (exact) mass is 681 g/mol. The van der Waals surface area contributed by atoms with Crippen LogP contribution in [0.2, 0.25) is 0 Å². The zero-order valence-corrected chi connectivity index (χ0v) is 30.0. The number of hydrogen-bond donors (Lipinski definition) is 0. The molecule has 4 saturated carbocycles. The maximum absolute atomic E-state index is 2.55. The van der Waals surface area contributed by atoms with Crippen LogP contribution < -0.4 is 4.90 Å². The molecule has 1 heteroatoms. The van der Waals surface area contributed by atoms with Crippen LogP contribution in [-0.4, -0.2) is 0 Å². The molecule has 0 N–H and O–H groups in total. The molecule has 256 valence electrons. The first-order valence-electron chi connectivity index (χ1n) is 19.7. The first-order chi connectivity index (χ1) is 26.2. The second-order valence-electron chi connectivity index (χ2n) is 16.2. The third kappa shape index (κ3) is 4.83. The Kier molecular flexibility index (Phi) is 7.12. The van der Waals surface area contributed by atoms with Crippen molar-refractivity contribution in [3.8, 4) is 44.5 Å². The summed E-state index contributed by atoms with van der Waals surface area (Å²) in [4.78, 5) is 2.50. The average molecular weight is 682 g/mol. The van der Waals surface area contributed by atoms with Gasteiger partial charge in [-0.2, -0.15) is 0 Å². The SMILES string of the molecule is c1ccc(-c2ccc(-c3ccc(N(c4ccc5c(c4)-c4ccccc4C54C5CC6CC(C5)CC4C6)c4ccccc4-c4ccccc4)cc3)cc2)cc1. The third-order valence-electron chi connectivity index (χ3n) is 13.5. The smallest absolute Gasteiger partial charge is 0.0540 e. The molecule has 4 fully saturated rings. The minimum Gasteiger partial charge on any atom is -0.310 e. The number of rotatable bonds is 6. The van der Waals surface area contributed by atoms with Crippen LogP contribution in [0.1, 0.15) is 43.2 Å². The summed E-state index contributed by atoms with van der Waals surface area (Å²) in [7, 11) is 0. The van der Waals surface area contributed by atoms with Crippen molar-refractivity contribution < 1.29 is 0 Å². The van der Waals surface area contributed by atoms with E-state index in [1.54, 1.807) is 11.1 Å². The van der Waals surface area contributed by atoms with E-state index in [9.17, 15) is 0 Å². The minimum atomic E-state index is 0.169. The Hall–Kier alpha value is -5.66. The lowest BCUT2D eigenvalue weighted by molar-refractivity contribution is -0.0399. The summed E-state index contributed by atoms with van der Waals surface area (Å²) >= 11 is 0. The van der Waals surface area contributed by atoms with Gasteiger partial charge in [0, 0.05) is 22.4 Å². The quantitative estimate of drug-likeness (QED) is 0.169. The van der Waals surface area contributed by atoms with Gasteiger partial charge in [0.25, 0.3) is 0 Å². The van der Waals surface area contributed by atoms with E-state index < -0.39 is 0 Å². The first-order valence-corrected chi connectivity index (χ1v) is 19.7. The molecule has 0 saturated heterocycles. The summed E-state index contributed by atoms with van der Waals surface area (Å²) in [5.74, 6) is 3.40. The van der Waals surface area contributed by atoms with Gasteiger partial charge in [0.15, 0.2) is 0 Å². The molecule has 7 aromatic rings. The number of anilines is 3. The number of nitrogens with zero attached hydrogens (tertiary/aromatic N) is 1. The van der Waals surface area contributed by atoms with E-state index in [4.69, 9.17) is 0 Å². The molecule has 4 bridgehead atoms. The number of para-hydroxylation sites is 1. The van der Waals surface area contributed by atoms with Crippen molar-refractivity contribution in [3.05, 3.63) is 187 Å². The fraction of sp³-hybridized carbons (Fsp3) is 0.192. The second-order valence-corrected chi connectivity index (χ2v) is 16.2. The van der Waals surface area contributed by atoms with Crippen molar-refractivity contribution in [2.24, 2.45) is 23.7 Å². The van der Waals surface area contributed by atoms with Crippen LogP contribution in [0.3, 0.4) is 0 Å². The minimum absolute atomic E-state index is 0.169. The zero-order valence-electron chi connectivity index (χ0n) is 30.0. The first kappa shape index (κ1) is 30.9. The molecule has 0 unspecified atom stereocenters. The number of fused-ring (bicyclic) bond motifs is 3. The highest BCUT2D eigenvalue weighted by molar-refractivity contribution is 5.92. The van der Waals surface area contributed by atoms with E-state index in [1.165, 1.54) is 88.0 Å². The van der Waals surface area contributed by atoms with E-state index in [1.807, 2.05) is 0 Å². The molecule has 53 heavy (non-hydrogen) atoms. The lowest BCUT2D eigenvalue weighted by Gasteiger charge is -2.61. The fourth-order valence-electron chi connectivity index (χ4n) is 11.5. The Morgan fingerprint density at radius 2 is 0.830 bits per heavy atom. The molecule has 12 rings (SSSR count). The highest BCUT2D eigenvalue weighted by Crippen LogP contribution is 2.69. The number of benzene rings is 7. The molecular formula is C52H43N. The lowest BCUT2D eigenvalue weighted by Crippen LogP contribution is -2.55. The van der Waals surface area contributed by atoms with E-state index in [-0.39, 0.29) is 5.41 Å². The topological polar surface area (TPSA) is 3.24 Å². The summed E-state index contributed by atoms with van der Waals surface area (Å²) in [5.41, 5.74) is 17.2. The molecule has 0 heterocycles. The number of hydrogen-bond acceptors (Lipinski definition) is 1. The fourth-order valence-corrected chi connectivity index (χ4v) is 11.5. The second kappa shape index (κ2) is 12.2. The molecule has 5 aliphatic carbocycles. The maximum atomic E-state index is 2.55. The molecule has 5 aliphatic rings. The Balaban J connectivity index is 1.04. The lowest BCUT2D eigenvalue weighted by atomic mass is 9.43. The van der Waals surface area contributed by atoms with E-state index >= 15 is 0 Å². The van der Waals surface area contributed by atoms with Crippen LogP contribution >= 0.6 is 0 Å². The molecule has 0 amide bonds. The molecule has 1 nitrogen and oxygen atoms in total. The van der Waals surface area contributed by atoms with E-state index in [0.29, 0.717) is 0 Å². The van der Waals surface area contributed by atoms with Gasteiger partial charge in [-0.15, -0.1) is 0 Å². The standard InChI is InChI=1S/C52H43N/c1-3-11-37(12-4-1)38-19-21-39(22-20-38)40-23-25-44(26-24-40)53(51-18-10-8-15-46(51)41-13-5-2-6-14-41)45-27-28-50-48(34-45)47-16-7-9-17-49(47)52(50)42-30-35-29-36(32-42)33-43(52)31-35/h1-28,34-36,42-43H,29-33H2. The summed E-state index contributed by atoms with van der Waals surface area (Å²) in [6.07, 6.45) is 7.09. The van der Waals surface area contributed by atoms with Crippen LogP contribution in [0.25, 0.3) is 44.5 Å². The molecule has 0 radical (unpaired) electrons. The van der Waals surface area contributed by atoms with Gasteiger partial charge >= 0.3 is 0 Å². The Bertz CT molecular complexity index is 2410. The van der Waals surface area contributed by atoms with Crippen LogP contribution in [0.5, 0.6) is 0 Å². The van der Waals surface area contributed by atoms with Crippen LogP contribution in [0.15, 0.2) is 176 Å². The van der Waals surface area contributed by atoms with Crippen molar-refractivity contribution >= 4 is 17.1 Å². The summed E-state index contributed by atoms with van der Waals surface area (Å²) in [6.45, 7) is 0. The normalized spacial score (nSPS) is 23.2. The van der Waals surface area contributed by atoms with Gasteiger partial charge in [-0.05, 0) is 136 Å². The van der Waals surface area contributed by atoms with Crippen molar-refractivity contribution in [2.45, 2.75) is 37.5 Å². The maximum Gasteiger partial charge on any atom is 0.0540 e. The van der Waals surface area contributed by atoms with Gasteiger partial charge < -0.3 is 4.90 Å². The summed E-state index contributed by atoms with van der Waals surface area (Å²) in [6, 6.07) is 65.5. The predicted octanol–water partition coefficient (Wildman–Crippen LogP) is 13.9. The van der Waals surface area contributed by atoms with Crippen molar-refractivity contribution in [1.29, 1.82) is 0 Å². The highest BCUT2D eigenvalue weighted by Gasteiger charge is 2.61. The largest absolute Gasteiger partial charge is 0.310 e. The predicted molar refractivity (Wildman–Crippen MR) is 221 cm³/mol. The molecule has 0 aromatic heterocycles. The van der Waals surface area contributed by atoms with Crippen molar-refractivity contribution in [2.75, 3.05) is 4.90 Å².